The Morgan fingerprint density at radius 3 is 2.48 bits per heavy atom. The molecule has 1 atom stereocenters. The van der Waals surface area contributed by atoms with E-state index in [-0.39, 0.29) is 11.7 Å². The fourth-order valence-electron chi connectivity index (χ4n) is 3.65. The molecule has 0 aromatic heterocycles. The smallest absolute Gasteiger partial charge is 0.410 e. The first-order chi connectivity index (χ1) is 11.8. The maximum absolute atomic E-state index is 12.2. The fourth-order valence-corrected chi connectivity index (χ4v) is 3.65. The Labute approximate surface area is 149 Å². The van der Waals surface area contributed by atoms with Crippen LogP contribution in [0.2, 0.25) is 0 Å². The number of hydrogen-bond donors (Lipinski definition) is 0. The number of amides is 1. The first kappa shape index (κ1) is 17.8. The van der Waals surface area contributed by atoms with E-state index in [4.69, 9.17) is 16.0 Å². The standard InChI is InChI=1S/C20H26N2O3/c1-19(2,3)25-18(23)22-11-9-20(10-12-22)13-16(14-24-20)15-5-7-17(21-4)8-6-15/h5-8,16H,9-14H2,1-3H3. The molecule has 25 heavy (non-hydrogen) atoms. The summed E-state index contributed by atoms with van der Waals surface area (Å²) in [6.07, 6.45) is 2.45. The number of rotatable bonds is 1. The molecule has 1 spiro atoms. The minimum Gasteiger partial charge on any atom is -0.444 e. The molecule has 2 fully saturated rings. The lowest BCUT2D eigenvalue weighted by Gasteiger charge is -2.39. The molecular weight excluding hydrogens is 316 g/mol. The van der Waals surface area contributed by atoms with Crippen LogP contribution in [0.1, 0.15) is 51.5 Å². The fraction of sp³-hybridized carbons (Fsp3) is 0.600. The molecule has 1 aromatic rings. The average Bonchev–Trinajstić information content (AvgIpc) is 2.98. The first-order valence-corrected chi connectivity index (χ1v) is 8.90. The predicted molar refractivity (Wildman–Crippen MR) is 95.8 cm³/mol. The molecule has 0 saturated carbocycles. The molecule has 1 amide bonds. The number of piperidine rings is 1. The van der Waals surface area contributed by atoms with Gasteiger partial charge in [0.2, 0.25) is 0 Å². The van der Waals surface area contributed by atoms with Crippen LogP contribution in [-0.4, -0.2) is 41.9 Å². The number of carbonyl (C=O) groups excluding carboxylic acids is 1. The molecule has 134 valence electrons. The highest BCUT2D eigenvalue weighted by atomic mass is 16.6. The van der Waals surface area contributed by atoms with Gasteiger partial charge in [-0.15, -0.1) is 0 Å². The third kappa shape index (κ3) is 4.13. The van der Waals surface area contributed by atoms with Gasteiger partial charge in [-0.2, -0.15) is 0 Å². The van der Waals surface area contributed by atoms with Gasteiger partial charge in [-0.05, 0) is 45.6 Å². The van der Waals surface area contributed by atoms with Crippen LogP contribution >= 0.6 is 0 Å². The van der Waals surface area contributed by atoms with E-state index in [1.54, 1.807) is 4.90 Å². The number of ether oxygens (including phenoxy) is 2. The third-order valence-corrected chi connectivity index (χ3v) is 5.03. The lowest BCUT2D eigenvalue weighted by Crippen LogP contribution is -2.47. The Hall–Kier alpha value is -2.06. The summed E-state index contributed by atoms with van der Waals surface area (Å²) in [5.41, 5.74) is 1.32. The van der Waals surface area contributed by atoms with E-state index >= 15 is 0 Å². The lowest BCUT2D eigenvalue weighted by atomic mass is 9.83. The average molecular weight is 342 g/mol. The summed E-state index contributed by atoms with van der Waals surface area (Å²) in [7, 11) is 0. The van der Waals surface area contributed by atoms with Gasteiger partial charge in [0.05, 0.1) is 18.8 Å². The van der Waals surface area contributed by atoms with Crippen molar-refractivity contribution in [3.63, 3.8) is 0 Å². The topological polar surface area (TPSA) is 43.1 Å². The Morgan fingerprint density at radius 2 is 1.92 bits per heavy atom. The summed E-state index contributed by atoms with van der Waals surface area (Å²) in [6, 6.07) is 7.82. The molecule has 1 aromatic carbocycles. The van der Waals surface area contributed by atoms with Gasteiger partial charge in [-0.3, -0.25) is 0 Å². The van der Waals surface area contributed by atoms with E-state index in [9.17, 15) is 4.79 Å². The summed E-state index contributed by atoms with van der Waals surface area (Å²) in [4.78, 5) is 17.4. The van der Waals surface area contributed by atoms with Gasteiger partial charge in [-0.25, -0.2) is 9.64 Å². The van der Waals surface area contributed by atoms with Crippen LogP contribution in [0.4, 0.5) is 10.5 Å². The van der Waals surface area contributed by atoms with Gasteiger partial charge in [0.15, 0.2) is 5.69 Å². The van der Waals surface area contributed by atoms with Gasteiger partial charge in [0.1, 0.15) is 5.60 Å². The normalized spacial score (nSPS) is 22.6. The molecular formula is C20H26N2O3. The number of hydrogen-bond acceptors (Lipinski definition) is 3. The van der Waals surface area contributed by atoms with E-state index in [2.05, 4.69) is 4.85 Å². The summed E-state index contributed by atoms with van der Waals surface area (Å²) in [6.45, 7) is 14.8. The SMILES string of the molecule is [C-]#[N+]c1ccc(C2COC3(CCN(C(=O)OC(C)(C)C)CC3)C2)cc1. The van der Waals surface area contributed by atoms with Crippen LogP contribution in [0, 0.1) is 6.57 Å². The number of nitrogens with zero attached hydrogens (tertiary/aromatic N) is 2. The van der Waals surface area contributed by atoms with Crippen molar-refractivity contribution < 1.29 is 14.3 Å². The van der Waals surface area contributed by atoms with Crippen molar-refractivity contribution in [2.45, 2.75) is 57.2 Å². The second kappa shape index (κ2) is 6.68. The summed E-state index contributed by atoms with van der Waals surface area (Å²) in [5, 5.41) is 0. The Balaban J connectivity index is 1.57. The first-order valence-electron chi connectivity index (χ1n) is 8.90. The predicted octanol–water partition coefficient (Wildman–Crippen LogP) is 4.51. The molecule has 5 nitrogen and oxygen atoms in total. The van der Waals surface area contributed by atoms with Crippen LogP contribution in [0.15, 0.2) is 24.3 Å². The molecule has 2 aliphatic rings. The van der Waals surface area contributed by atoms with Crippen molar-refractivity contribution in [1.29, 1.82) is 0 Å². The number of carbonyl (C=O) groups is 1. The van der Waals surface area contributed by atoms with Crippen LogP contribution in [-0.2, 0) is 9.47 Å². The Morgan fingerprint density at radius 1 is 1.28 bits per heavy atom. The molecule has 2 aliphatic heterocycles. The molecule has 5 heteroatoms. The van der Waals surface area contributed by atoms with Crippen LogP contribution in [0.3, 0.4) is 0 Å². The highest BCUT2D eigenvalue weighted by Gasteiger charge is 2.44. The molecule has 0 aliphatic carbocycles. The number of benzene rings is 1. The van der Waals surface area contributed by atoms with Crippen molar-refractivity contribution >= 4 is 11.8 Å². The van der Waals surface area contributed by atoms with Crippen molar-refractivity contribution in [1.82, 2.24) is 4.90 Å². The van der Waals surface area contributed by atoms with Gasteiger partial charge in [-0.1, -0.05) is 24.3 Å². The van der Waals surface area contributed by atoms with E-state index in [1.807, 2.05) is 45.0 Å². The third-order valence-electron chi connectivity index (χ3n) is 5.03. The zero-order valence-corrected chi connectivity index (χ0v) is 15.2. The maximum atomic E-state index is 12.2. The molecule has 2 heterocycles. The van der Waals surface area contributed by atoms with Crippen LogP contribution in [0.25, 0.3) is 4.85 Å². The summed E-state index contributed by atoms with van der Waals surface area (Å²) < 4.78 is 11.7. The Kier molecular flexibility index (Phi) is 4.75. The molecule has 0 radical (unpaired) electrons. The van der Waals surface area contributed by atoms with E-state index in [0.29, 0.717) is 31.3 Å². The molecule has 0 N–H and O–H groups in total. The minimum atomic E-state index is -0.460. The van der Waals surface area contributed by atoms with Crippen molar-refractivity contribution in [2.24, 2.45) is 0 Å². The maximum Gasteiger partial charge on any atom is 0.410 e. The van der Waals surface area contributed by atoms with E-state index in [1.165, 1.54) is 5.56 Å². The van der Waals surface area contributed by atoms with Crippen LogP contribution < -0.4 is 0 Å². The van der Waals surface area contributed by atoms with Gasteiger partial charge in [0, 0.05) is 19.0 Å². The highest BCUT2D eigenvalue weighted by Crippen LogP contribution is 2.43. The molecule has 2 saturated heterocycles. The van der Waals surface area contributed by atoms with E-state index in [0.717, 1.165) is 19.3 Å². The molecule has 3 rings (SSSR count). The Bertz CT molecular complexity index is 662. The lowest BCUT2D eigenvalue weighted by molar-refractivity contribution is -0.0485. The quantitative estimate of drug-likeness (QED) is 0.705. The molecule has 0 bridgehead atoms. The number of likely N-dealkylation sites (tertiary alicyclic amines) is 1. The second-order valence-electron chi connectivity index (χ2n) is 8.07. The minimum absolute atomic E-state index is 0.123. The zero-order valence-electron chi connectivity index (χ0n) is 15.2. The summed E-state index contributed by atoms with van der Waals surface area (Å²) >= 11 is 0. The van der Waals surface area contributed by atoms with Crippen molar-refractivity contribution in [2.75, 3.05) is 19.7 Å². The van der Waals surface area contributed by atoms with Crippen LogP contribution in [0.5, 0.6) is 0 Å². The van der Waals surface area contributed by atoms with Crippen molar-refractivity contribution in [3.05, 3.63) is 41.2 Å². The van der Waals surface area contributed by atoms with Gasteiger partial charge in [0.25, 0.3) is 0 Å². The van der Waals surface area contributed by atoms with Gasteiger partial charge < -0.3 is 14.4 Å². The molecule has 1 unspecified atom stereocenters. The second-order valence-corrected chi connectivity index (χ2v) is 8.07. The monoisotopic (exact) mass is 342 g/mol. The zero-order chi connectivity index (χ0) is 18.1. The van der Waals surface area contributed by atoms with Crippen molar-refractivity contribution in [3.8, 4) is 0 Å². The summed E-state index contributed by atoms with van der Waals surface area (Å²) in [5.74, 6) is 0.368. The largest absolute Gasteiger partial charge is 0.444 e. The van der Waals surface area contributed by atoms with E-state index < -0.39 is 5.60 Å². The van der Waals surface area contributed by atoms with Gasteiger partial charge >= 0.3 is 6.09 Å². The highest BCUT2D eigenvalue weighted by molar-refractivity contribution is 5.68.